The van der Waals surface area contributed by atoms with Crippen LogP contribution in [-0.2, 0) is 20.7 Å². The van der Waals surface area contributed by atoms with Crippen molar-refractivity contribution in [2.75, 3.05) is 0 Å². The Kier molecular flexibility index (Phi) is 6.28. The first-order valence-corrected chi connectivity index (χ1v) is 10.3. The van der Waals surface area contributed by atoms with Crippen molar-refractivity contribution >= 4 is 39.5 Å². The van der Waals surface area contributed by atoms with E-state index in [2.05, 4.69) is 6.07 Å². The summed E-state index contributed by atoms with van der Waals surface area (Å²) in [5.74, 6) is -1.15. The van der Waals surface area contributed by atoms with Crippen molar-refractivity contribution in [2.24, 2.45) is 11.1 Å². The Hall–Kier alpha value is -2.48. The SMILES string of the molecule is C[C@H](OC(=O)CC1(Cc2nc3ccccc3s2)CCCCC1)C(=O)NC(N)=O. The predicted molar refractivity (Wildman–Crippen MR) is 107 cm³/mol. The van der Waals surface area contributed by atoms with Crippen molar-refractivity contribution in [1.29, 1.82) is 0 Å². The van der Waals surface area contributed by atoms with Crippen LogP contribution in [0.1, 0.15) is 50.5 Å². The Bertz CT molecular complexity index is 840. The number of nitrogens with zero attached hydrogens (tertiary/aromatic N) is 1. The van der Waals surface area contributed by atoms with Crippen LogP contribution >= 0.6 is 11.3 Å². The second-order valence-corrected chi connectivity index (χ2v) is 8.59. The van der Waals surface area contributed by atoms with E-state index >= 15 is 0 Å². The number of aromatic nitrogens is 1. The third kappa shape index (κ3) is 5.07. The molecule has 3 amide bonds. The molecule has 150 valence electrons. The Balaban J connectivity index is 1.69. The lowest BCUT2D eigenvalue weighted by Gasteiger charge is -2.36. The van der Waals surface area contributed by atoms with E-state index in [1.165, 1.54) is 6.92 Å². The van der Waals surface area contributed by atoms with Crippen molar-refractivity contribution in [2.45, 2.75) is 58.0 Å². The highest BCUT2D eigenvalue weighted by atomic mass is 32.1. The summed E-state index contributed by atoms with van der Waals surface area (Å²) in [7, 11) is 0. The Morgan fingerprint density at radius 2 is 1.96 bits per heavy atom. The lowest BCUT2D eigenvalue weighted by atomic mass is 9.70. The minimum Gasteiger partial charge on any atom is -0.453 e. The quantitative estimate of drug-likeness (QED) is 0.719. The smallest absolute Gasteiger partial charge is 0.318 e. The highest BCUT2D eigenvalue weighted by Crippen LogP contribution is 2.43. The number of nitrogens with one attached hydrogen (secondary N) is 1. The summed E-state index contributed by atoms with van der Waals surface area (Å²) in [5, 5.41) is 2.95. The van der Waals surface area contributed by atoms with Gasteiger partial charge in [-0.05, 0) is 37.3 Å². The van der Waals surface area contributed by atoms with E-state index < -0.39 is 24.0 Å². The maximum atomic E-state index is 12.5. The molecule has 1 atom stereocenters. The number of para-hydroxylation sites is 1. The fourth-order valence-electron chi connectivity index (χ4n) is 3.86. The molecule has 8 heteroatoms. The van der Waals surface area contributed by atoms with Gasteiger partial charge < -0.3 is 10.5 Å². The van der Waals surface area contributed by atoms with Crippen LogP contribution in [0.3, 0.4) is 0 Å². The van der Waals surface area contributed by atoms with Crippen LogP contribution in [0, 0.1) is 5.41 Å². The monoisotopic (exact) mass is 403 g/mol. The number of fused-ring (bicyclic) bond motifs is 1. The molecule has 1 aromatic heterocycles. The van der Waals surface area contributed by atoms with E-state index in [4.69, 9.17) is 15.5 Å². The summed E-state index contributed by atoms with van der Waals surface area (Å²) < 4.78 is 6.40. The zero-order valence-electron chi connectivity index (χ0n) is 15.9. The minimum absolute atomic E-state index is 0.205. The zero-order chi connectivity index (χ0) is 20.1. The van der Waals surface area contributed by atoms with Gasteiger partial charge in [0, 0.05) is 6.42 Å². The van der Waals surface area contributed by atoms with Crippen LogP contribution < -0.4 is 11.1 Å². The van der Waals surface area contributed by atoms with Gasteiger partial charge in [-0.3, -0.25) is 14.9 Å². The number of carbonyl (C=O) groups is 3. The van der Waals surface area contributed by atoms with E-state index in [1.54, 1.807) is 11.3 Å². The van der Waals surface area contributed by atoms with E-state index in [0.29, 0.717) is 0 Å². The number of imide groups is 1. The number of rotatable bonds is 6. The Morgan fingerprint density at radius 1 is 1.25 bits per heavy atom. The molecule has 1 fully saturated rings. The van der Waals surface area contributed by atoms with Gasteiger partial charge in [0.25, 0.3) is 5.91 Å². The summed E-state index contributed by atoms with van der Waals surface area (Å²) >= 11 is 1.66. The summed E-state index contributed by atoms with van der Waals surface area (Å²) in [4.78, 5) is 39.8. The number of benzene rings is 1. The van der Waals surface area contributed by atoms with Gasteiger partial charge in [-0.1, -0.05) is 31.4 Å². The molecule has 3 N–H and O–H groups in total. The Morgan fingerprint density at radius 3 is 2.64 bits per heavy atom. The van der Waals surface area contributed by atoms with Crippen LogP contribution in [0.25, 0.3) is 10.2 Å². The maximum absolute atomic E-state index is 12.5. The third-order valence-electron chi connectivity index (χ3n) is 5.22. The fourth-order valence-corrected chi connectivity index (χ4v) is 5.00. The van der Waals surface area contributed by atoms with E-state index in [9.17, 15) is 14.4 Å². The first kappa shape index (κ1) is 20.3. The molecule has 28 heavy (non-hydrogen) atoms. The number of hydrogen-bond donors (Lipinski definition) is 2. The summed E-state index contributed by atoms with van der Waals surface area (Å²) in [5.41, 5.74) is 5.71. The average Bonchev–Trinajstić information content (AvgIpc) is 3.03. The van der Waals surface area contributed by atoms with Crippen LogP contribution in [0.4, 0.5) is 4.79 Å². The van der Waals surface area contributed by atoms with Gasteiger partial charge in [0.15, 0.2) is 6.10 Å². The van der Waals surface area contributed by atoms with Crippen LogP contribution in [0.5, 0.6) is 0 Å². The van der Waals surface area contributed by atoms with Gasteiger partial charge in [-0.15, -0.1) is 11.3 Å². The Labute approximate surface area is 167 Å². The number of carbonyl (C=O) groups excluding carboxylic acids is 3. The van der Waals surface area contributed by atoms with E-state index in [0.717, 1.165) is 53.7 Å². The molecule has 1 aliphatic rings. The van der Waals surface area contributed by atoms with Gasteiger partial charge in [-0.2, -0.15) is 0 Å². The second-order valence-electron chi connectivity index (χ2n) is 7.48. The highest BCUT2D eigenvalue weighted by molar-refractivity contribution is 7.18. The van der Waals surface area contributed by atoms with Gasteiger partial charge in [0.2, 0.25) is 0 Å². The summed E-state index contributed by atoms with van der Waals surface area (Å²) in [6, 6.07) is 7.05. The first-order chi connectivity index (χ1) is 13.4. The van der Waals surface area contributed by atoms with Crippen molar-refractivity contribution in [1.82, 2.24) is 10.3 Å². The second kappa shape index (κ2) is 8.68. The number of hydrogen-bond acceptors (Lipinski definition) is 6. The van der Waals surface area contributed by atoms with Crippen LogP contribution in [0.15, 0.2) is 24.3 Å². The van der Waals surface area contributed by atoms with E-state index in [1.807, 2.05) is 23.5 Å². The standard InChI is InChI=1S/C20H25N3O4S/c1-13(18(25)23-19(21)26)27-17(24)12-20(9-5-2-6-10-20)11-16-22-14-7-3-4-8-15(14)28-16/h3-4,7-8,13H,2,5-6,9-12H2,1H3,(H3,21,23,25,26)/t13-/m0/s1. The number of esters is 1. The molecule has 0 spiro atoms. The number of nitrogens with two attached hydrogens (primary N) is 1. The number of primary amides is 1. The molecule has 2 aromatic rings. The molecule has 1 heterocycles. The van der Waals surface area contributed by atoms with Gasteiger partial charge in [0.05, 0.1) is 21.6 Å². The van der Waals surface area contributed by atoms with E-state index in [-0.39, 0.29) is 11.8 Å². The van der Waals surface area contributed by atoms with Gasteiger partial charge in [0.1, 0.15) is 0 Å². The minimum atomic E-state index is -1.07. The van der Waals surface area contributed by atoms with Crippen LogP contribution in [0.2, 0.25) is 0 Å². The topological polar surface area (TPSA) is 111 Å². The maximum Gasteiger partial charge on any atom is 0.318 e. The van der Waals surface area contributed by atoms with Crippen molar-refractivity contribution in [3.8, 4) is 0 Å². The lowest BCUT2D eigenvalue weighted by molar-refractivity contribution is -0.157. The molecule has 0 bridgehead atoms. The summed E-state index contributed by atoms with van der Waals surface area (Å²) in [6.45, 7) is 1.43. The molecule has 1 aliphatic carbocycles. The number of ether oxygens (including phenoxy) is 1. The normalized spacial score (nSPS) is 17.0. The van der Waals surface area contributed by atoms with Gasteiger partial charge in [-0.25, -0.2) is 9.78 Å². The van der Waals surface area contributed by atoms with Gasteiger partial charge >= 0.3 is 12.0 Å². The van der Waals surface area contributed by atoms with Crippen molar-refractivity contribution < 1.29 is 19.1 Å². The molecular weight excluding hydrogens is 378 g/mol. The van der Waals surface area contributed by atoms with Crippen molar-refractivity contribution in [3.63, 3.8) is 0 Å². The molecule has 0 unspecified atom stereocenters. The molecule has 7 nitrogen and oxygen atoms in total. The summed E-state index contributed by atoms with van der Waals surface area (Å²) in [6.07, 6.45) is 5.04. The molecule has 1 aromatic carbocycles. The highest BCUT2D eigenvalue weighted by Gasteiger charge is 2.37. The van der Waals surface area contributed by atoms with Crippen LogP contribution in [-0.4, -0.2) is 29.0 Å². The largest absolute Gasteiger partial charge is 0.453 e. The van der Waals surface area contributed by atoms with Crippen molar-refractivity contribution in [3.05, 3.63) is 29.3 Å². The molecule has 3 rings (SSSR count). The molecule has 0 aliphatic heterocycles. The average molecular weight is 404 g/mol. The molecule has 0 saturated heterocycles. The number of amides is 3. The fraction of sp³-hybridized carbons (Fsp3) is 0.500. The number of urea groups is 1. The number of thiazole rings is 1. The first-order valence-electron chi connectivity index (χ1n) is 9.51. The lowest BCUT2D eigenvalue weighted by Crippen LogP contribution is -2.42. The molecule has 0 radical (unpaired) electrons. The zero-order valence-corrected chi connectivity index (χ0v) is 16.7. The third-order valence-corrected chi connectivity index (χ3v) is 6.26. The molecular formula is C20H25N3O4S. The molecule has 1 saturated carbocycles. The predicted octanol–water partition coefficient (Wildman–Crippen LogP) is 3.31.